The third kappa shape index (κ3) is 4.35. The van der Waals surface area contributed by atoms with Crippen LogP contribution in [0.15, 0.2) is 69.3 Å². The maximum absolute atomic E-state index is 11.2. The first-order chi connectivity index (χ1) is 13.1. The molecule has 0 aliphatic rings. The molecule has 134 valence electrons. The van der Waals surface area contributed by atoms with E-state index in [4.69, 9.17) is 0 Å². The van der Waals surface area contributed by atoms with E-state index in [0.29, 0.717) is 10.3 Å². The Balaban J connectivity index is 1.62. The summed E-state index contributed by atoms with van der Waals surface area (Å²) < 4.78 is 2.04. The number of nitrogens with one attached hydrogen (secondary N) is 1. The molecule has 2 aromatic heterocycles. The smallest absolute Gasteiger partial charge is 0.223 e. The SMILES string of the molecule is CC(=O)Nc1nc2ccc(-c3ccnc(Sc4ccc(Br)cc4)n3)cc2s1. The molecule has 0 saturated carbocycles. The molecule has 0 aliphatic carbocycles. The van der Waals surface area contributed by atoms with E-state index in [9.17, 15) is 4.79 Å². The lowest BCUT2D eigenvalue weighted by atomic mass is 10.1. The van der Waals surface area contributed by atoms with E-state index in [1.807, 2.05) is 48.5 Å². The summed E-state index contributed by atoms with van der Waals surface area (Å²) in [4.78, 5) is 25.8. The van der Waals surface area contributed by atoms with Crippen molar-refractivity contribution in [3.63, 3.8) is 0 Å². The molecule has 4 rings (SSSR count). The summed E-state index contributed by atoms with van der Waals surface area (Å²) >= 11 is 6.41. The van der Waals surface area contributed by atoms with Gasteiger partial charge in [-0.25, -0.2) is 15.0 Å². The molecule has 0 saturated heterocycles. The number of fused-ring (bicyclic) bond motifs is 1. The third-order valence-electron chi connectivity index (χ3n) is 3.62. The number of carbonyl (C=O) groups is 1. The lowest BCUT2D eigenvalue weighted by molar-refractivity contribution is -0.114. The van der Waals surface area contributed by atoms with Gasteiger partial charge in [0, 0.05) is 28.1 Å². The molecule has 0 aliphatic heterocycles. The highest BCUT2D eigenvalue weighted by atomic mass is 79.9. The molecule has 0 radical (unpaired) electrons. The largest absolute Gasteiger partial charge is 0.302 e. The first-order valence-corrected chi connectivity index (χ1v) is 10.4. The number of anilines is 1. The summed E-state index contributed by atoms with van der Waals surface area (Å²) in [6.45, 7) is 1.48. The number of thiazole rings is 1. The number of amides is 1. The van der Waals surface area contributed by atoms with Gasteiger partial charge in [0.2, 0.25) is 5.91 Å². The fourth-order valence-corrected chi connectivity index (χ4v) is 4.40. The molecule has 5 nitrogen and oxygen atoms in total. The first-order valence-electron chi connectivity index (χ1n) is 8.02. The van der Waals surface area contributed by atoms with Gasteiger partial charge in [-0.3, -0.25) is 4.79 Å². The zero-order chi connectivity index (χ0) is 18.8. The Morgan fingerprint density at radius 3 is 2.70 bits per heavy atom. The van der Waals surface area contributed by atoms with Crippen molar-refractivity contribution in [1.29, 1.82) is 0 Å². The maximum Gasteiger partial charge on any atom is 0.223 e. The van der Waals surface area contributed by atoms with Gasteiger partial charge in [0.05, 0.1) is 15.9 Å². The lowest BCUT2D eigenvalue weighted by Gasteiger charge is -2.04. The Morgan fingerprint density at radius 1 is 1.11 bits per heavy atom. The number of halogens is 1. The van der Waals surface area contributed by atoms with Crippen molar-refractivity contribution in [2.45, 2.75) is 17.0 Å². The van der Waals surface area contributed by atoms with Crippen molar-refractivity contribution in [2.75, 3.05) is 5.32 Å². The van der Waals surface area contributed by atoms with Gasteiger partial charge in [-0.1, -0.05) is 33.3 Å². The molecule has 0 fully saturated rings. The van der Waals surface area contributed by atoms with E-state index in [1.165, 1.54) is 30.0 Å². The molecule has 0 unspecified atom stereocenters. The van der Waals surface area contributed by atoms with Crippen LogP contribution in [0.25, 0.3) is 21.5 Å². The highest BCUT2D eigenvalue weighted by Crippen LogP contribution is 2.31. The van der Waals surface area contributed by atoms with Crippen molar-refractivity contribution >= 4 is 60.3 Å². The van der Waals surface area contributed by atoms with Gasteiger partial charge in [0.1, 0.15) is 0 Å². The van der Waals surface area contributed by atoms with E-state index in [0.717, 1.165) is 30.8 Å². The van der Waals surface area contributed by atoms with Crippen LogP contribution in [0.3, 0.4) is 0 Å². The number of hydrogen-bond donors (Lipinski definition) is 1. The van der Waals surface area contributed by atoms with Gasteiger partial charge in [-0.15, -0.1) is 0 Å². The molecule has 8 heteroatoms. The van der Waals surface area contributed by atoms with Crippen molar-refractivity contribution in [3.8, 4) is 11.3 Å². The molecule has 1 amide bonds. The predicted octanol–water partition coefficient (Wildman–Crippen LogP) is 5.63. The van der Waals surface area contributed by atoms with Crippen LogP contribution >= 0.6 is 39.0 Å². The fraction of sp³-hybridized carbons (Fsp3) is 0.0526. The van der Waals surface area contributed by atoms with E-state index in [2.05, 4.69) is 36.2 Å². The number of hydrogen-bond acceptors (Lipinski definition) is 6. The van der Waals surface area contributed by atoms with Crippen LogP contribution in [0.1, 0.15) is 6.92 Å². The van der Waals surface area contributed by atoms with Crippen molar-refractivity contribution < 1.29 is 4.79 Å². The Kier molecular flexibility index (Phi) is 5.20. The Bertz CT molecular complexity index is 1130. The van der Waals surface area contributed by atoms with Crippen LogP contribution in [-0.4, -0.2) is 20.9 Å². The summed E-state index contributed by atoms with van der Waals surface area (Å²) in [7, 11) is 0. The second kappa shape index (κ2) is 7.75. The van der Waals surface area contributed by atoms with Gasteiger partial charge in [0.15, 0.2) is 10.3 Å². The molecule has 1 N–H and O–H groups in total. The fourth-order valence-electron chi connectivity index (χ4n) is 2.45. The van der Waals surface area contributed by atoms with Gasteiger partial charge in [0.25, 0.3) is 0 Å². The van der Waals surface area contributed by atoms with Crippen molar-refractivity contribution in [3.05, 3.63) is 59.2 Å². The van der Waals surface area contributed by atoms with Gasteiger partial charge in [-0.05, 0) is 54.2 Å². The minimum atomic E-state index is -0.125. The van der Waals surface area contributed by atoms with E-state index in [1.54, 1.807) is 6.20 Å². The monoisotopic (exact) mass is 456 g/mol. The van der Waals surface area contributed by atoms with Crippen LogP contribution < -0.4 is 5.32 Å². The molecule has 4 aromatic rings. The van der Waals surface area contributed by atoms with Gasteiger partial charge < -0.3 is 5.32 Å². The van der Waals surface area contributed by atoms with Crippen LogP contribution in [0, 0.1) is 0 Å². The van der Waals surface area contributed by atoms with Crippen molar-refractivity contribution in [1.82, 2.24) is 15.0 Å². The van der Waals surface area contributed by atoms with E-state index in [-0.39, 0.29) is 5.91 Å². The standard InChI is InChI=1S/C19H13BrN4OS2/c1-11(25)22-19-24-16-7-2-12(10-17(16)27-19)15-8-9-21-18(23-15)26-14-5-3-13(20)4-6-14/h2-10H,1H3,(H,22,24,25). The molecule has 2 aromatic carbocycles. The second-order valence-corrected chi connectivity index (χ2v) is 8.65. The van der Waals surface area contributed by atoms with Crippen LogP contribution in [0.4, 0.5) is 5.13 Å². The zero-order valence-corrected chi connectivity index (χ0v) is 17.4. The molecule has 0 bridgehead atoms. The first kappa shape index (κ1) is 18.1. The minimum absolute atomic E-state index is 0.125. The molecule has 2 heterocycles. The molecular formula is C19H13BrN4OS2. The average molecular weight is 457 g/mol. The Hall–Kier alpha value is -2.29. The third-order valence-corrected chi connectivity index (χ3v) is 5.97. The Morgan fingerprint density at radius 2 is 1.93 bits per heavy atom. The van der Waals surface area contributed by atoms with Gasteiger partial charge in [-0.2, -0.15) is 0 Å². The summed E-state index contributed by atoms with van der Waals surface area (Å²) in [5.41, 5.74) is 2.69. The van der Waals surface area contributed by atoms with E-state index >= 15 is 0 Å². The number of aromatic nitrogens is 3. The highest BCUT2D eigenvalue weighted by Gasteiger charge is 2.09. The molecule has 0 atom stereocenters. The molecule has 0 spiro atoms. The second-order valence-electron chi connectivity index (χ2n) is 5.66. The predicted molar refractivity (Wildman–Crippen MR) is 113 cm³/mol. The van der Waals surface area contributed by atoms with Crippen LogP contribution in [0.2, 0.25) is 0 Å². The normalized spacial score (nSPS) is 10.9. The average Bonchev–Trinajstić information content (AvgIpc) is 3.04. The number of carbonyl (C=O) groups excluding carboxylic acids is 1. The van der Waals surface area contributed by atoms with Crippen LogP contribution in [-0.2, 0) is 4.79 Å². The Labute approximate surface area is 172 Å². The number of benzene rings is 2. The highest BCUT2D eigenvalue weighted by molar-refractivity contribution is 9.10. The number of nitrogens with zero attached hydrogens (tertiary/aromatic N) is 3. The molecular weight excluding hydrogens is 444 g/mol. The quantitative estimate of drug-likeness (QED) is 0.403. The summed E-state index contributed by atoms with van der Waals surface area (Å²) in [6.07, 6.45) is 1.77. The van der Waals surface area contributed by atoms with Gasteiger partial charge >= 0.3 is 0 Å². The summed E-state index contributed by atoms with van der Waals surface area (Å²) in [6, 6.07) is 15.9. The van der Waals surface area contributed by atoms with Crippen LogP contribution in [0.5, 0.6) is 0 Å². The minimum Gasteiger partial charge on any atom is -0.302 e. The lowest BCUT2D eigenvalue weighted by Crippen LogP contribution is -2.04. The zero-order valence-electron chi connectivity index (χ0n) is 14.1. The van der Waals surface area contributed by atoms with Crippen molar-refractivity contribution in [2.24, 2.45) is 0 Å². The summed E-state index contributed by atoms with van der Waals surface area (Å²) in [5, 5.41) is 4.02. The maximum atomic E-state index is 11.2. The molecule has 27 heavy (non-hydrogen) atoms. The van der Waals surface area contributed by atoms with E-state index < -0.39 is 0 Å². The topological polar surface area (TPSA) is 67.8 Å². The number of rotatable bonds is 4. The summed E-state index contributed by atoms with van der Waals surface area (Å²) in [5.74, 6) is -0.125.